The zero-order valence-electron chi connectivity index (χ0n) is 17.6. The number of H-pyrrole nitrogens is 1. The summed E-state index contributed by atoms with van der Waals surface area (Å²) in [6.45, 7) is 0. The quantitative estimate of drug-likeness (QED) is 0.588. The van der Waals surface area contributed by atoms with E-state index in [9.17, 15) is 9.59 Å². The summed E-state index contributed by atoms with van der Waals surface area (Å²) >= 11 is 1.70. The van der Waals surface area contributed by atoms with Crippen LogP contribution in [0.15, 0.2) is 53.6 Å². The van der Waals surface area contributed by atoms with Crippen molar-refractivity contribution in [2.75, 3.05) is 12.0 Å². The first-order valence-electron chi connectivity index (χ1n) is 10.6. The number of carbonyl (C=O) groups is 1. The van der Waals surface area contributed by atoms with Gasteiger partial charge in [-0.05, 0) is 79.5 Å². The fraction of sp³-hybridized carbons (Fsp3) is 0.333. The molecule has 1 aliphatic rings. The van der Waals surface area contributed by atoms with Crippen LogP contribution in [0.1, 0.15) is 52.5 Å². The van der Waals surface area contributed by atoms with Crippen molar-refractivity contribution < 1.29 is 4.79 Å². The minimum atomic E-state index is -0.353. The van der Waals surface area contributed by atoms with E-state index in [-0.39, 0.29) is 17.5 Å². The van der Waals surface area contributed by atoms with Gasteiger partial charge in [-0.3, -0.25) is 14.6 Å². The molecule has 1 aromatic carbocycles. The predicted octanol–water partition coefficient (Wildman–Crippen LogP) is 3.93. The third kappa shape index (κ3) is 5.22. The van der Waals surface area contributed by atoms with Crippen LogP contribution in [0.5, 0.6) is 0 Å². The Morgan fingerprint density at radius 2 is 2.03 bits per heavy atom. The maximum absolute atomic E-state index is 13.1. The molecule has 6 nitrogen and oxygen atoms in total. The number of aromatic nitrogens is 3. The fourth-order valence-electron chi connectivity index (χ4n) is 3.94. The van der Waals surface area contributed by atoms with Gasteiger partial charge in [-0.25, -0.2) is 4.98 Å². The van der Waals surface area contributed by atoms with Gasteiger partial charge in [0.1, 0.15) is 5.82 Å². The van der Waals surface area contributed by atoms with E-state index in [2.05, 4.69) is 26.3 Å². The van der Waals surface area contributed by atoms with E-state index in [0.717, 1.165) is 24.2 Å². The zero-order chi connectivity index (χ0) is 21.6. The van der Waals surface area contributed by atoms with Gasteiger partial charge in [-0.1, -0.05) is 6.07 Å². The molecule has 0 saturated carbocycles. The van der Waals surface area contributed by atoms with Gasteiger partial charge in [0.15, 0.2) is 0 Å². The summed E-state index contributed by atoms with van der Waals surface area (Å²) < 4.78 is 0. The van der Waals surface area contributed by atoms with Crippen LogP contribution < -0.4 is 10.9 Å². The van der Waals surface area contributed by atoms with Crippen LogP contribution in [-0.2, 0) is 12.8 Å². The lowest BCUT2D eigenvalue weighted by Crippen LogP contribution is -2.31. The Balaban J connectivity index is 1.61. The fourth-order valence-corrected chi connectivity index (χ4v) is 4.41. The molecule has 2 N–H and O–H groups in total. The van der Waals surface area contributed by atoms with Gasteiger partial charge < -0.3 is 10.3 Å². The number of thioether (sulfide) groups is 1. The van der Waals surface area contributed by atoms with E-state index in [1.165, 1.54) is 30.0 Å². The summed E-state index contributed by atoms with van der Waals surface area (Å²) in [5.41, 5.74) is 4.31. The van der Waals surface area contributed by atoms with Crippen molar-refractivity contribution >= 4 is 17.7 Å². The van der Waals surface area contributed by atoms with Crippen molar-refractivity contribution in [2.45, 2.75) is 38.1 Å². The normalized spacial score (nSPS) is 14.0. The van der Waals surface area contributed by atoms with Gasteiger partial charge in [0.25, 0.3) is 11.5 Å². The van der Waals surface area contributed by atoms with E-state index >= 15 is 0 Å². The lowest BCUT2D eigenvalue weighted by Gasteiger charge is -2.20. The van der Waals surface area contributed by atoms with Crippen LogP contribution in [-0.4, -0.2) is 32.9 Å². The first-order valence-corrected chi connectivity index (χ1v) is 12.0. The summed E-state index contributed by atoms with van der Waals surface area (Å²) in [7, 11) is 0. The number of carbonyl (C=O) groups excluding carboxylic acids is 1. The van der Waals surface area contributed by atoms with Gasteiger partial charge in [-0.2, -0.15) is 11.8 Å². The van der Waals surface area contributed by atoms with Crippen molar-refractivity contribution in [3.8, 4) is 11.4 Å². The molecule has 0 unspecified atom stereocenters. The highest BCUT2D eigenvalue weighted by Gasteiger charge is 2.20. The zero-order valence-corrected chi connectivity index (χ0v) is 18.4. The number of aromatic amines is 1. The Hall–Kier alpha value is -2.93. The lowest BCUT2D eigenvalue weighted by molar-refractivity contribution is 0.0934. The smallest absolute Gasteiger partial charge is 0.251 e. The van der Waals surface area contributed by atoms with Gasteiger partial charge in [-0.15, -0.1) is 0 Å². The highest BCUT2D eigenvalue weighted by Crippen LogP contribution is 2.24. The van der Waals surface area contributed by atoms with E-state index in [0.29, 0.717) is 23.5 Å². The van der Waals surface area contributed by atoms with Crippen LogP contribution in [0, 0.1) is 0 Å². The monoisotopic (exact) mass is 434 g/mol. The Bertz CT molecular complexity index is 1110. The highest BCUT2D eigenvalue weighted by molar-refractivity contribution is 7.98. The Labute approximate surface area is 185 Å². The van der Waals surface area contributed by atoms with Crippen LogP contribution in [0.3, 0.4) is 0 Å². The number of hydrogen-bond acceptors (Lipinski definition) is 5. The number of pyridine rings is 1. The van der Waals surface area contributed by atoms with E-state index in [1.54, 1.807) is 30.2 Å². The van der Waals surface area contributed by atoms with E-state index in [1.807, 2.05) is 24.5 Å². The first-order chi connectivity index (χ1) is 15.1. The largest absolute Gasteiger partial charge is 0.344 e. The standard InChI is InChI=1S/C24H26N4O2S/c1-31-12-10-20(21-14-22(29)28-23(26-21)19-7-4-11-25-15-19)27-24(30)18-9-8-16-5-2-3-6-17(16)13-18/h4,7-9,11,13-15,20H,2-3,5-6,10,12H2,1H3,(H,27,30)(H,26,28,29)/t20-/m0/s1. The SMILES string of the molecule is CSCC[C@H](NC(=O)c1ccc2c(c1)CCCC2)c1cc(=O)[nH]c(-c2cccnc2)n1. The van der Waals surface area contributed by atoms with Crippen molar-refractivity contribution in [1.29, 1.82) is 0 Å². The summed E-state index contributed by atoms with van der Waals surface area (Å²) in [4.78, 5) is 36.9. The number of aryl methyl sites for hydroxylation is 2. The molecule has 0 saturated heterocycles. The summed E-state index contributed by atoms with van der Waals surface area (Å²) in [5, 5.41) is 3.11. The van der Waals surface area contributed by atoms with Gasteiger partial charge in [0.05, 0.1) is 11.7 Å². The predicted molar refractivity (Wildman–Crippen MR) is 124 cm³/mol. The molecule has 0 spiro atoms. The van der Waals surface area contributed by atoms with Crippen LogP contribution in [0.2, 0.25) is 0 Å². The highest BCUT2D eigenvalue weighted by atomic mass is 32.2. The molecular formula is C24H26N4O2S. The molecular weight excluding hydrogens is 408 g/mol. The molecule has 2 heterocycles. The minimum Gasteiger partial charge on any atom is -0.344 e. The molecule has 0 bridgehead atoms. The average molecular weight is 435 g/mol. The molecule has 7 heteroatoms. The number of hydrogen-bond donors (Lipinski definition) is 2. The van der Waals surface area contributed by atoms with Gasteiger partial charge in [0.2, 0.25) is 0 Å². The first kappa shape index (κ1) is 21.3. The van der Waals surface area contributed by atoms with Crippen molar-refractivity contribution in [1.82, 2.24) is 20.3 Å². The number of benzene rings is 1. The topological polar surface area (TPSA) is 87.7 Å². The lowest BCUT2D eigenvalue weighted by atomic mass is 9.90. The molecule has 0 aliphatic heterocycles. The Morgan fingerprint density at radius 1 is 1.19 bits per heavy atom. The maximum Gasteiger partial charge on any atom is 0.251 e. The molecule has 1 atom stereocenters. The Kier molecular flexibility index (Phi) is 6.82. The molecule has 31 heavy (non-hydrogen) atoms. The van der Waals surface area contributed by atoms with E-state index in [4.69, 9.17) is 0 Å². The third-order valence-corrected chi connectivity index (χ3v) is 6.22. The molecule has 3 aromatic rings. The van der Waals surface area contributed by atoms with Crippen molar-refractivity contribution in [2.24, 2.45) is 0 Å². The number of fused-ring (bicyclic) bond motifs is 1. The van der Waals surface area contributed by atoms with Crippen molar-refractivity contribution in [3.05, 3.63) is 81.5 Å². The summed E-state index contributed by atoms with van der Waals surface area (Å²) in [6, 6.07) is 10.8. The number of nitrogens with zero attached hydrogens (tertiary/aromatic N) is 2. The molecule has 1 amide bonds. The van der Waals surface area contributed by atoms with E-state index < -0.39 is 0 Å². The number of nitrogens with one attached hydrogen (secondary N) is 2. The van der Waals surface area contributed by atoms with Crippen LogP contribution in [0.25, 0.3) is 11.4 Å². The Morgan fingerprint density at radius 3 is 2.81 bits per heavy atom. The second kappa shape index (κ2) is 9.92. The maximum atomic E-state index is 13.1. The number of rotatable bonds is 7. The molecule has 160 valence electrons. The average Bonchev–Trinajstić information content (AvgIpc) is 2.81. The third-order valence-electron chi connectivity index (χ3n) is 5.58. The van der Waals surface area contributed by atoms with Gasteiger partial charge in [0, 0.05) is 29.6 Å². The van der Waals surface area contributed by atoms with Gasteiger partial charge >= 0.3 is 0 Å². The second-order valence-electron chi connectivity index (χ2n) is 7.76. The molecule has 1 aliphatic carbocycles. The van der Waals surface area contributed by atoms with Crippen LogP contribution >= 0.6 is 11.8 Å². The molecule has 0 radical (unpaired) electrons. The number of amides is 1. The summed E-state index contributed by atoms with van der Waals surface area (Å²) in [6.07, 6.45) is 10.5. The second-order valence-corrected chi connectivity index (χ2v) is 8.74. The van der Waals surface area contributed by atoms with Crippen LogP contribution in [0.4, 0.5) is 0 Å². The minimum absolute atomic E-state index is 0.135. The molecule has 4 rings (SSSR count). The van der Waals surface area contributed by atoms with Crippen molar-refractivity contribution in [3.63, 3.8) is 0 Å². The molecule has 2 aromatic heterocycles. The molecule has 0 fully saturated rings. The summed E-state index contributed by atoms with van der Waals surface area (Å²) in [5.74, 6) is 1.16.